The van der Waals surface area contributed by atoms with E-state index < -0.39 is 0 Å². The third-order valence-electron chi connectivity index (χ3n) is 3.27. The van der Waals surface area contributed by atoms with Crippen LogP contribution in [-0.4, -0.2) is 15.1 Å². The van der Waals surface area contributed by atoms with Gasteiger partial charge in [-0.2, -0.15) is 0 Å². The molecule has 0 amide bonds. The van der Waals surface area contributed by atoms with Crippen LogP contribution in [0, 0.1) is 0 Å². The van der Waals surface area contributed by atoms with Gasteiger partial charge in [-0.25, -0.2) is 0 Å². The van der Waals surface area contributed by atoms with Gasteiger partial charge in [0, 0.05) is 16.3 Å². The lowest BCUT2D eigenvalue weighted by atomic mass is 10.1. The van der Waals surface area contributed by atoms with Crippen LogP contribution in [0.1, 0.15) is 0 Å². The van der Waals surface area contributed by atoms with Crippen molar-refractivity contribution < 1.29 is 5.11 Å². The highest BCUT2D eigenvalue weighted by atomic mass is 32.1. The van der Waals surface area contributed by atoms with Gasteiger partial charge in [0.15, 0.2) is 5.75 Å². The number of thiophene rings is 1. The molecule has 4 rings (SSSR count). The molecular formula is C15H10N2OS. The minimum Gasteiger partial charge on any atom is -0.504 e. The van der Waals surface area contributed by atoms with E-state index in [2.05, 4.69) is 9.97 Å². The number of fused-ring (bicyclic) bond motifs is 3. The van der Waals surface area contributed by atoms with Crippen LogP contribution in [0.3, 0.4) is 0 Å². The van der Waals surface area contributed by atoms with E-state index in [4.69, 9.17) is 0 Å². The molecule has 3 nitrogen and oxygen atoms in total. The topological polar surface area (TPSA) is 48.9 Å². The molecule has 4 heteroatoms. The van der Waals surface area contributed by atoms with Crippen LogP contribution < -0.4 is 0 Å². The highest BCUT2D eigenvalue weighted by Crippen LogP contribution is 2.38. The molecule has 0 aliphatic heterocycles. The van der Waals surface area contributed by atoms with E-state index in [1.165, 1.54) is 6.20 Å². The molecule has 3 heterocycles. The minimum atomic E-state index is 0.187. The van der Waals surface area contributed by atoms with Gasteiger partial charge >= 0.3 is 0 Å². The Morgan fingerprint density at radius 2 is 2.00 bits per heavy atom. The number of H-pyrrole nitrogens is 1. The molecule has 3 aromatic heterocycles. The zero-order valence-electron chi connectivity index (χ0n) is 9.92. The van der Waals surface area contributed by atoms with Gasteiger partial charge in [0.05, 0.1) is 22.3 Å². The molecule has 0 radical (unpaired) electrons. The Hall–Kier alpha value is -2.33. The first-order valence-corrected chi connectivity index (χ1v) is 6.85. The van der Waals surface area contributed by atoms with Crippen LogP contribution in [0.4, 0.5) is 0 Å². The summed E-state index contributed by atoms with van der Waals surface area (Å²) in [5, 5.41) is 14.1. The molecule has 0 aliphatic rings. The van der Waals surface area contributed by atoms with Crippen LogP contribution >= 0.6 is 11.3 Å². The summed E-state index contributed by atoms with van der Waals surface area (Å²) < 4.78 is 0. The Balaban J connectivity index is 2.23. The summed E-state index contributed by atoms with van der Waals surface area (Å²) in [6.07, 6.45) is 1.51. The quantitative estimate of drug-likeness (QED) is 0.543. The Morgan fingerprint density at radius 3 is 2.84 bits per heavy atom. The molecule has 0 saturated heterocycles. The molecule has 0 fully saturated rings. The number of rotatable bonds is 1. The average molecular weight is 266 g/mol. The monoisotopic (exact) mass is 266 g/mol. The number of aromatic amines is 1. The van der Waals surface area contributed by atoms with Crippen molar-refractivity contribution in [2.45, 2.75) is 0 Å². The fourth-order valence-corrected chi connectivity index (χ4v) is 3.16. The first kappa shape index (κ1) is 10.6. The van der Waals surface area contributed by atoms with E-state index in [0.29, 0.717) is 0 Å². The molecule has 0 atom stereocenters. The maximum atomic E-state index is 10.0. The first-order valence-electron chi connectivity index (χ1n) is 5.97. The minimum absolute atomic E-state index is 0.187. The number of hydrogen-bond donors (Lipinski definition) is 2. The van der Waals surface area contributed by atoms with Crippen LogP contribution in [-0.2, 0) is 0 Å². The van der Waals surface area contributed by atoms with Crippen molar-refractivity contribution in [2.24, 2.45) is 0 Å². The zero-order chi connectivity index (χ0) is 12.8. The second-order valence-corrected chi connectivity index (χ2v) is 5.34. The van der Waals surface area contributed by atoms with Crippen LogP contribution in [0.15, 0.2) is 48.0 Å². The smallest absolute Gasteiger partial charge is 0.158 e. The fraction of sp³-hybridized carbons (Fsp3) is 0. The number of nitrogens with zero attached hydrogens (tertiary/aromatic N) is 1. The third-order valence-corrected chi connectivity index (χ3v) is 4.15. The molecule has 0 unspecified atom stereocenters. The maximum Gasteiger partial charge on any atom is 0.158 e. The van der Waals surface area contributed by atoms with E-state index in [1.54, 1.807) is 11.3 Å². The predicted molar refractivity (Wildman–Crippen MR) is 78.6 cm³/mol. The number of hydrogen-bond acceptors (Lipinski definition) is 3. The Kier molecular flexibility index (Phi) is 2.13. The molecule has 19 heavy (non-hydrogen) atoms. The standard InChI is InChI=1S/C15H10N2OS/c18-11-8-16-15(12-6-3-7-19-12)13-9-4-1-2-5-10(9)17-14(11)13/h1-8,17-18H. The molecule has 2 N–H and O–H groups in total. The van der Waals surface area contributed by atoms with Gasteiger partial charge in [-0.05, 0) is 17.5 Å². The lowest BCUT2D eigenvalue weighted by molar-refractivity contribution is 0.478. The van der Waals surface area contributed by atoms with Gasteiger partial charge in [0.1, 0.15) is 0 Å². The van der Waals surface area contributed by atoms with E-state index in [0.717, 1.165) is 32.4 Å². The molecule has 0 bridgehead atoms. The summed E-state index contributed by atoms with van der Waals surface area (Å²) in [7, 11) is 0. The van der Waals surface area contributed by atoms with Crippen LogP contribution in [0.25, 0.3) is 32.4 Å². The zero-order valence-corrected chi connectivity index (χ0v) is 10.7. The van der Waals surface area contributed by atoms with Crippen LogP contribution in [0.2, 0.25) is 0 Å². The summed E-state index contributed by atoms with van der Waals surface area (Å²) in [5.41, 5.74) is 2.68. The number of para-hydroxylation sites is 1. The highest BCUT2D eigenvalue weighted by Gasteiger charge is 2.14. The average Bonchev–Trinajstić information content (AvgIpc) is 3.06. The summed E-state index contributed by atoms with van der Waals surface area (Å²) in [5.74, 6) is 0.187. The Morgan fingerprint density at radius 1 is 1.11 bits per heavy atom. The van der Waals surface area contributed by atoms with E-state index in [-0.39, 0.29) is 5.75 Å². The van der Waals surface area contributed by atoms with E-state index in [9.17, 15) is 5.11 Å². The Labute approximate surface area is 113 Å². The molecule has 0 spiro atoms. The van der Waals surface area contributed by atoms with Crippen molar-refractivity contribution in [1.29, 1.82) is 0 Å². The van der Waals surface area contributed by atoms with Crippen molar-refractivity contribution in [3.8, 4) is 16.3 Å². The maximum absolute atomic E-state index is 10.0. The van der Waals surface area contributed by atoms with Gasteiger partial charge in [-0.1, -0.05) is 24.3 Å². The molecule has 4 aromatic rings. The van der Waals surface area contributed by atoms with E-state index >= 15 is 0 Å². The van der Waals surface area contributed by atoms with Gasteiger partial charge in [0.25, 0.3) is 0 Å². The van der Waals surface area contributed by atoms with Gasteiger partial charge in [0.2, 0.25) is 0 Å². The SMILES string of the molecule is Oc1cnc(-c2cccs2)c2c1[nH]c1ccccc12. The van der Waals surface area contributed by atoms with Crippen molar-refractivity contribution in [3.05, 3.63) is 48.0 Å². The van der Waals surface area contributed by atoms with Crippen molar-refractivity contribution >= 4 is 33.1 Å². The largest absolute Gasteiger partial charge is 0.504 e. The third kappa shape index (κ3) is 1.47. The Bertz CT molecular complexity index is 878. The summed E-state index contributed by atoms with van der Waals surface area (Å²) >= 11 is 1.65. The summed E-state index contributed by atoms with van der Waals surface area (Å²) in [6, 6.07) is 12.1. The van der Waals surface area contributed by atoms with Crippen molar-refractivity contribution in [1.82, 2.24) is 9.97 Å². The predicted octanol–water partition coefficient (Wildman–Crippen LogP) is 4.15. The molecular weight excluding hydrogens is 256 g/mol. The number of aromatic nitrogens is 2. The van der Waals surface area contributed by atoms with Gasteiger partial charge < -0.3 is 10.1 Å². The van der Waals surface area contributed by atoms with Crippen LogP contribution in [0.5, 0.6) is 5.75 Å². The number of pyridine rings is 1. The lowest BCUT2D eigenvalue weighted by Gasteiger charge is -2.01. The van der Waals surface area contributed by atoms with E-state index in [1.807, 2.05) is 41.8 Å². The second-order valence-electron chi connectivity index (χ2n) is 4.39. The van der Waals surface area contributed by atoms with Crippen molar-refractivity contribution in [2.75, 3.05) is 0 Å². The second kappa shape index (κ2) is 3.83. The molecule has 1 aromatic carbocycles. The molecule has 0 saturated carbocycles. The molecule has 0 aliphatic carbocycles. The van der Waals surface area contributed by atoms with Gasteiger partial charge in [-0.15, -0.1) is 11.3 Å². The highest BCUT2D eigenvalue weighted by molar-refractivity contribution is 7.13. The lowest BCUT2D eigenvalue weighted by Crippen LogP contribution is -1.82. The first-order chi connectivity index (χ1) is 9.34. The van der Waals surface area contributed by atoms with Crippen molar-refractivity contribution in [3.63, 3.8) is 0 Å². The number of nitrogens with one attached hydrogen (secondary N) is 1. The number of benzene rings is 1. The summed E-state index contributed by atoms with van der Waals surface area (Å²) in [6.45, 7) is 0. The molecule has 92 valence electrons. The normalized spacial score (nSPS) is 11.4. The summed E-state index contributed by atoms with van der Waals surface area (Å²) in [4.78, 5) is 8.78. The number of aromatic hydroxyl groups is 1. The van der Waals surface area contributed by atoms with Gasteiger partial charge in [-0.3, -0.25) is 4.98 Å². The fourth-order valence-electron chi connectivity index (χ4n) is 2.43.